The van der Waals surface area contributed by atoms with Gasteiger partial charge in [-0.3, -0.25) is 0 Å². The van der Waals surface area contributed by atoms with Crippen LogP contribution in [-0.2, 0) is 6.42 Å². The van der Waals surface area contributed by atoms with Crippen molar-refractivity contribution in [2.45, 2.75) is 13.3 Å². The van der Waals surface area contributed by atoms with Crippen LogP contribution in [0.5, 0.6) is 0 Å². The average molecular weight is 215 g/mol. The minimum atomic E-state index is 0.506. The maximum absolute atomic E-state index is 6.06. The van der Waals surface area contributed by atoms with E-state index in [9.17, 15) is 0 Å². The molecule has 0 aliphatic rings. The average Bonchev–Trinajstić information content (AvgIpc) is 2.18. The van der Waals surface area contributed by atoms with Crippen molar-refractivity contribution in [2.24, 2.45) is 0 Å². The lowest BCUT2D eigenvalue weighted by Gasteiger charge is -2.02. The quantitative estimate of drug-likeness (QED) is 0.669. The minimum absolute atomic E-state index is 0.506. The standard InChI is InChI=1S/C11H12Cl2/c1-9(8-12)11(13)7-10-5-3-2-4-6-10/h2-6H,7-8H2,1H3/b11-9-. The maximum atomic E-state index is 6.06. The molecule has 1 rings (SSSR count). The molecule has 0 aliphatic carbocycles. The summed E-state index contributed by atoms with van der Waals surface area (Å²) in [6, 6.07) is 10.1. The normalized spacial score (nSPS) is 12.5. The number of hydrogen-bond donors (Lipinski definition) is 0. The van der Waals surface area contributed by atoms with Crippen LogP contribution in [0.2, 0.25) is 0 Å². The number of benzene rings is 1. The second-order valence-electron chi connectivity index (χ2n) is 2.98. The lowest BCUT2D eigenvalue weighted by Crippen LogP contribution is -1.89. The molecule has 0 radical (unpaired) electrons. The van der Waals surface area contributed by atoms with E-state index in [2.05, 4.69) is 12.1 Å². The molecule has 1 aromatic rings. The summed E-state index contributed by atoms with van der Waals surface area (Å²) in [7, 11) is 0. The SMILES string of the molecule is C/C(CCl)=C(/Cl)Cc1ccccc1. The van der Waals surface area contributed by atoms with Gasteiger partial charge in [-0.25, -0.2) is 0 Å². The van der Waals surface area contributed by atoms with Gasteiger partial charge in [-0.2, -0.15) is 0 Å². The Morgan fingerprint density at radius 3 is 2.38 bits per heavy atom. The molecule has 0 aromatic heterocycles. The fraction of sp³-hybridized carbons (Fsp3) is 0.273. The molecule has 0 aliphatic heterocycles. The van der Waals surface area contributed by atoms with Gasteiger partial charge in [-0.1, -0.05) is 41.9 Å². The predicted molar refractivity (Wildman–Crippen MR) is 59.4 cm³/mol. The van der Waals surface area contributed by atoms with Crippen molar-refractivity contribution in [1.82, 2.24) is 0 Å². The van der Waals surface area contributed by atoms with Gasteiger partial charge in [0.2, 0.25) is 0 Å². The zero-order valence-corrected chi connectivity index (χ0v) is 9.07. The summed E-state index contributed by atoms with van der Waals surface area (Å²) < 4.78 is 0. The summed E-state index contributed by atoms with van der Waals surface area (Å²) in [6.45, 7) is 1.96. The van der Waals surface area contributed by atoms with E-state index in [1.807, 2.05) is 25.1 Å². The Morgan fingerprint density at radius 2 is 1.85 bits per heavy atom. The van der Waals surface area contributed by atoms with Crippen molar-refractivity contribution in [3.63, 3.8) is 0 Å². The summed E-state index contributed by atoms with van der Waals surface area (Å²) >= 11 is 11.7. The third-order valence-corrected chi connectivity index (χ3v) is 2.72. The van der Waals surface area contributed by atoms with Gasteiger partial charge < -0.3 is 0 Å². The molecule has 0 bridgehead atoms. The maximum Gasteiger partial charge on any atom is 0.0445 e. The Labute approximate surface area is 89.2 Å². The molecule has 0 unspecified atom stereocenters. The van der Waals surface area contributed by atoms with Crippen LogP contribution >= 0.6 is 23.2 Å². The summed E-state index contributed by atoms with van der Waals surface area (Å²) in [4.78, 5) is 0. The fourth-order valence-electron chi connectivity index (χ4n) is 0.998. The molecule has 1 aromatic carbocycles. The van der Waals surface area contributed by atoms with Gasteiger partial charge in [-0.15, -0.1) is 11.6 Å². The molecule has 0 fully saturated rings. The van der Waals surface area contributed by atoms with Crippen LogP contribution in [-0.4, -0.2) is 5.88 Å². The topological polar surface area (TPSA) is 0 Å². The number of halogens is 2. The first kappa shape index (κ1) is 10.6. The molecule has 13 heavy (non-hydrogen) atoms. The van der Waals surface area contributed by atoms with Gasteiger partial charge in [-0.05, 0) is 18.1 Å². The highest BCUT2D eigenvalue weighted by Gasteiger charge is 1.99. The van der Waals surface area contributed by atoms with Crippen LogP contribution in [0.1, 0.15) is 12.5 Å². The number of rotatable bonds is 3. The van der Waals surface area contributed by atoms with Crippen LogP contribution in [0.15, 0.2) is 40.9 Å². The van der Waals surface area contributed by atoms with Gasteiger partial charge in [0.25, 0.3) is 0 Å². The first-order valence-corrected chi connectivity index (χ1v) is 5.09. The van der Waals surface area contributed by atoms with Crippen molar-refractivity contribution in [3.05, 3.63) is 46.5 Å². The zero-order chi connectivity index (χ0) is 9.68. The van der Waals surface area contributed by atoms with Crippen molar-refractivity contribution in [3.8, 4) is 0 Å². The monoisotopic (exact) mass is 214 g/mol. The van der Waals surface area contributed by atoms with E-state index in [-0.39, 0.29) is 0 Å². The van der Waals surface area contributed by atoms with Gasteiger partial charge >= 0.3 is 0 Å². The van der Waals surface area contributed by atoms with E-state index in [0.717, 1.165) is 17.0 Å². The molecular formula is C11H12Cl2. The summed E-state index contributed by atoms with van der Waals surface area (Å²) in [5, 5.41) is 0.848. The van der Waals surface area contributed by atoms with Crippen LogP contribution < -0.4 is 0 Å². The number of allylic oxidation sites excluding steroid dienone is 2. The van der Waals surface area contributed by atoms with E-state index in [1.165, 1.54) is 5.56 Å². The molecule has 0 nitrogen and oxygen atoms in total. The highest BCUT2D eigenvalue weighted by Crippen LogP contribution is 2.16. The molecule has 70 valence electrons. The Hall–Kier alpha value is -0.460. The fourth-order valence-corrected chi connectivity index (χ4v) is 1.45. The molecule has 2 heteroatoms. The Bertz CT molecular complexity index is 288. The minimum Gasteiger partial charge on any atom is -0.122 e. The van der Waals surface area contributed by atoms with E-state index in [4.69, 9.17) is 23.2 Å². The second kappa shape index (κ2) is 5.31. The summed E-state index contributed by atoms with van der Waals surface area (Å²) in [5.41, 5.74) is 2.27. The van der Waals surface area contributed by atoms with Crippen LogP contribution in [0.4, 0.5) is 0 Å². The van der Waals surface area contributed by atoms with E-state index in [1.54, 1.807) is 0 Å². The Morgan fingerprint density at radius 1 is 1.23 bits per heavy atom. The second-order valence-corrected chi connectivity index (χ2v) is 3.70. The molecule has 0 saturated carbocycles. The third kappa shape index (κ3) is 3.41. The lowest BCUT2D eigenvalue weighted by molar-refractivity contribution is 1.19. The molecule has 0 heterocycles. The van der Waals surface area contributed by atoms with E-state index >= 15 is 0 Å². The summed E-state index contributed by atoms with van der Waals surface area (Å²) in [5.74, 6) is 0.506. The molecule has 0 amide bonds. The molecular weight excluding hydrogens is 203 g/mol. The number of hydrogen-bond acceptors (Lipinski definition) is 0. The van der Waals surface area contributed by atoms with Crippen LogP contribution in [0.3, 0.4) is 0 Å². The smallest absolute Gasteiger partial charge is 0.0445 e. The van der Waals surface area contributed by atoms with Crippen molar-refractivity contribution in [2.75, 3.05) is 5.88 Å². The van der Waals surface area contributed by atoms with Gasteiger partial charge in [0.15, 0.2) is 0 Å². The lowest BCUT2D eigenvalue weighted by atomic mass is 10.1. The summed E-state index contributed by atoms with van der Waals surface area (Å²) in [6.07, 6.45) is 0.779. The highest BCUT2D eigenvalue weighted by molar-refractivity contribution is 6.31. The first-order valence-electron chi connectivity index (χ1n) is 4.18. The third-order valence-electron chi connectivity index (χ3n) is 1.87. The van der Waals surface area contributed by atoms with Crippen molar-refractivity contribution >= 4 is 23.2 Å². The van der Waals surface area contributed by atoms with E-state index in [0.29, 0.717) is 5.88 Å². The molecule has 0 spiro atoms. The van der Waals surface area contributed by atoms with Gasteiger partial charge in [0, 0.05) is 17.3 Å². The Balaban J connectivity index is 2.70. The largest absolute Gasteiger partial charge is 0.122 e. The molecule has 0 atom stereocenters. The van der Waals surface area contributed by atoms with Crippen LogP contribution in [0.25, 0.3) is 0 Å². The predicted octanol–water partition coefficient (Wildman–Crippen LogP) is 3.98. The highest BCUT2D eigenvalue weighted by atomic mass is 35.5. The van der Waals surface area contributed by atoms with E-state index < -0.39 is 0 Å². The van der Waals surface area contributed by atoms with Crippen LogP contribution in [0, 0.1) is 0 Å². The van der Waals surface area contributed by atoms with Gasteiger partial charge in [0.05, 0.1) is 0 Å². The van der Waals surface area contributed by atoms with Gasteiger partial charge in [0.1, 0.15) is 0 Å². The number of alkyl halides is 1. The zero-order valence-electron chi connectivity index (χ0n) is 7.56. The Kier molecular flexibility index (Phi) is 4.34. The van der Waals surface area contributed by atoms with Crippen molar-refractivity contribution in [1.29, 1.82) is 0 Å². The van der Waals surface area contributed by atoms with Crippen molar-refractivity contribution < 1.29 is 0 Å². The first-order chi connectivity index (χ1) is 6.24. The molecule has 0 N–H and O–H groups in total. The molecule has 0 saturated heterocycles.